The first kappa shape index (κ1) is 19.4. The number of thiophene rings is 1. The highest BCUT2D eigenvalue weighted by Crippen LogP contribution is 2.30. The Morgan fingerprint density at radius 2 is 2.04 bits per heavy atom. The molecular formula is C22H27NO4S. The molecule has 2 aliphatic rings. The molecule has 1 aliphatic heterocycles. The van der Waals surface area contributed by atoms with E-state index in [1.54, 1.807) is 11.3 Å². The van der Waals surface area contributed by atoms with Gasteiger partial charge in [-0.05, 0) is 64.0 Å². The van der Waals surface area contributed by atoms with E-state index in [2.05, 4.69) is 4.57 Å². The van der Waals surface area contributed by atoms with Gasteiger partial charge in [0.15, 0.2) is 6.61 Å². The number of hydrogen-bond acceptors (Lipinski definition) is 5. The van der Waals surface area contributed by atoms with E-state index in [1.165, 1.54) is 11.3 Å². The first-order valence-corrected chi connectivity index (χ1v) is 11.0. The average Bonchev–Trinajstić information content (AvgIpc) is 3.42. The molecule has 0 radical (unpaired) electrons. The Kier molecular flexibility index (Phi) is 5.69. The summed E-state index contributed by atoms with van der Waals surface area (Å²) in [6.07, 6.45) is 6.64. The lowest BCUT2D eigenvalue weighted by Gasteiger charge is -2.15. The minimum Gasteiger partial charge on any atom is -0.454 e. The van der Waals surface area contributed by atoms with Gasteiger partial charge in [-0.25, -0.2) is 4.79 Å². The molecule has 3 heterocycles. The van der Waals surface area contributed by atoms with Gasteiger partial charge in [0.05, 0.1) is 11.7 Å². The Morgan fingerprint density at radius 3 is 2.82 bits per heavy atom. The summed E-state index contributed by atoms with van der Waals surface area (Å²) in [5.41, 5.74) is 4.37. The molecule has 150 valence electrons. The number of aromatic nitrogens is 1. The maximum absolute atomic E-state index is 12.7. The van der Waals surface area contributed by atoms with Crippen LogP contribution in [0, 0.1) is 13.8 Å². The maximum Gasteiger partial charge on any atom is 0.339 e. The largest absolute Gasteiger partial charge is 0.454 e. The van der Waals surface area contributed by atoms with Crippen LogP contribution in [-0.4, -0.2) is 35.6 Å². The molecule has 0 aromatic carbocycles. The van der Waals surface area contributed by atoms with E-state index >= 15 is 0 Å². The Bertz CT molecular complexity index is 889. The van der Waals surface area contributed by atoms with E-state index < -0.39 is 0 Å². The summed E-state index contributed by atoms with van der Waals surface area (Å²) < 4.78 is 13.3. The van der Waals surface area contributed by atoms with Gasteiger partial charge in [0.25, 0.3) is 0 Å². The molecule has 4 rings (SSSR count). The van der Waals surface area contributed by atoms with Crippen molar-refractivity contribution < 1.29 is 19.1 Å². The summed E-state index contributed by atoms with van der Waals surface area (Å²) >= 11 is 1.63. The fourth-order valence-corrected chi connectivity index (χ4v) is 5.42. The minimum atomic E-state index is -0.374. The molecule has 1 fully saturated rings. The van der Waals surface area contributed by atoms with Crippen molar-refractivity contribution in [2.45, 2.75) is 65.0 Å². The van der Waals surface area contributed by atoms with E-state index in [0.717, 1.165) is 62.2 Å². The molecule has 1 saturated heterocycles. The number of rotatable bonds is 6. The van der Waals surface area contributed by atoms with Crippen molar-refractivity contribution >= 4 is 23.1 Å². The molecular weight excluding hydrogens is 374 g/mol. The summed E-state index contributed by atoms with van der Waals surface area (Å²) in [7, 11) is 0. The highest BCUT2D eigenvalue weighted by molar-refractivity contribution is 7.10. The van der Waals surface area contributed by atoms with Crippen LogP contribution >= 0.6 is 11.3 Å². The molecule has 1 aliphatic carbocycles. The van der Waals surface area contributed by atoms with Crippen molar-refractivity contribution in [3.8, 4) is 0 Å². The Balaban J connectivity index is 1.41. The van der Waals surface area contributed by atoms with Crippen LogP contribution < -0.4 is 0 Å². The van der Waals surface area contributed by atoms with Crippen LogP contribution in [0.15, 0.2) is 11.4 Å². The number of ether oxygens (including phenoxy) is 2. The zero-order valence-electron chi connectivity index (χ0n) is 16.6. The smallest absolute Gasteiger partial charge is 0.339 e. The summed E-state index contributed by atoms with van der Waals surface area (Å²) in [5.74, 6) is -0.523. The van der Waals surface area contributed by atoms with E-state index in [-0.39, 0.29) is 24.5 Å². The van der Waals surface area contributed by atoms with Crippen molar-refractivity contribution in [2.24, 2.45) is 0 Å². The lowest BCUT2D eigenvalue weighted by Crippen LogP contribution is -2.18. The maximum atomic E-state index is 12.7. The molecule has 0 N–H and O–H groups in total. The van der Waals surface area contributed by atoms with E-state index in [4.69, 9.17) is 9.47 Å². The molecule has 1 atom stereocenters. The van der Waals surface area contributed by atoms with Gasteiger partial charge in [-0.15, -0.1) is 11.3 Å². The van der Waals surface area contributed by atoms with Gasteiger partial charge in [-0.3, -0.25) is 4.79 Å². The predicted octanol–water partition coefficient (Wildman–Crippen LogP) is 4.26. The molecule has 28 heavy (non-hydrogen) atoms. The molecule has 0 spiro atoms. The number of ketones is 1. The Labute approximate surface area is 169 Å². The zero-order valence-corrected chi connectivity index (χ0v) is 17.4. The number of aryl methyl sites for hydroxylation is 2. The van der Waals surface area contributed by atoms with Crippen molar-refractivity contribution in [3.63, 3.8) is 0 Å². The van der Waals surface area contributed by atoms with Gasteiger partial charge < -0.3 is 14.0 Å². The van der Waals surface area contributed by atoms with Crippen LogP contribution in [0.3, 0.4) is 0 Å². The fourth-order valence-electron chi connectivity index (χ4n) is 4.31. The van der Waals surface area contributed by atoms with Crippen LogP contribution in [0.25, 0.3) is 0 Å². The van der Waals surface area contributed by atoms with Crippen molar-refractivity contribution in [3.05, 3.63) is 44.4 Å². The average molecular weight is 402 g/mol. The molecule has 2 aromatic heterocycles. The second-order valence-corrected chi connectivity index (χ2v) is 8.75. The third-order valence-corrected chi connectivity index (χ3v) is 6.99. The van der Waals surface area contributed by atoms with E-state index in [1.807, 2.05) is 25.3 Å². The molecule has 6 heteroatoms. The first-order valence-electron chi connectivity index (χ1n) is 10.1. The number of carbonyl (C=O) groups excluding carboxylic acids is 2. The second-order valence-electron chi connectivity index (χ2n) is 7.79. The van der Waals surface area contributed by atoms with Crippen LogP contribution in [0.4, 0.5) is 0 Å². The highest BCUT2D eigenvalue weighted by atomic mass is 32.1. The van der Waals surface area contributed by atoms with Gasteiger partial charge in [0.1, 0.15) is 0 Å². The third kappa shape index (κ3) is 3.80. The molecule has 0 saturated carbocycles. The van der Waals surface area contributed by atoms with Gasteiger partial charge in [-0.1, -0.05) is 0 Å². The predicted molar refractivity (Wildman–Crippen MR) is 108 cm³/mol. The van der Waals surface area contributed by atoms with Crippen molar-refractivity contribution in [1.82, 2.24) is 4.57 Å². The highest BCUT2D eigenvalue weighted by Gasteiger charge is 2.24. The monoisotopic (exact) mass is 401 g/mol. The van der Waals surface area contributed by atoms with Crippen LogP contribution in [0.5, 0.6) is 0 Å². The van der Waals surface area contributed by atoms with Crippen LogP contribution in [0.1, 0.15) is 68.2 Å². The Hall–Kier alpha value is -1.92. The number of carbonyl (C=O) groups is 2. The molecule has 5 nitrogen and oxygen atoms in total. The summed E-state index contributed by atoms with van der Waals surface area (Å²) in [5, 5.41) is 1.89. The van der Waals surface area contributed by atoms with Gasteiger partial charge in [0, 0.05) is 40.4 Å². The number of nitrogens with zero attached hydrogens (tertiary/aromatic N) is 1. The zero-order chi connectivity index (χ0) is 19.7. The normalized spacial score (nSPS) is 18.9. The summed E-state index contributed by atoms with van der Waals surface area (Å²) in [4.78, 5) is 26.5. The van der Waals surface area contributed by atoms with E-state index in [9.17, 15) is 9.59 Å². The van der Waals surface area contributed by atoms with Gasteiger partial charge in [-0.2, -0.15) is 0 Å². The molecule has 2 aromatic rings. The third-order valence-electron chi connectivity index (χ3n) is 5.90. The van der Waals surface area contributed by atoms with Crippen LogP contribution in [-0.2, 0) is 28.9 Å². The lowest BCUT2D eigenvalue weighted by atomic mass is 9.96. The van der Waals surface area contributed by atoms with Crippen molar-refractivity contribution in [2.75, 3.05) is 13.2 Å². The van der Waals surface area contributed by atoms with Gasteiger partial charge in [0.2, 0.25) is 5.78 Å². The first-order chi connectivity index (χ1) is 13.5. The topological polar surface area (TPSA) is 57.5 Å². The van der Waals surface area contributed by atoms with Gasteiger partial charge >= 0.3 is 5.97 Å². The number of Topliss-reactive ketones (excluding diaryl/α,β-unsaturated/α-hetero) is 1. The van der Waals surface area contributed by atoms with Crippen LogP contribution in [0.2, 0.25) is 0 Å². The van der Waals surface area contributed by atoms with Crippen molar-refractivity contribution in [1.29, 1.82) is 0 Å². The minimum absolute atomic E-state index is 0.149. The molecule has 0 unspecified atom stereocenters. The summed E-state index contributed by atoms with van der Waals surface area (Å²) in [6.45, 7) is 5.33. The quantitative estimate of drug-likeness (QED) is 0.536. The van der Waals surface area contributed by atoms with E-state index in [0.29, 0.717) is 11.1 Å². The Morgan fingerprint density at radius 1 is 1.21 bits per heavy atom. The molecule has 0 amide bonds. The number of fused-ring (bicyclic) bond motifs is 1. The second kappa shape index (κ2) is 8.21. The summed E-state index contributed by atoms with van der Waals surface area (Å²) in [6, 6.07) is 1.90. The SMILES string of the molecule is Cc1cc(C(=O)COC(=O)c2csc3c2CCCC3)c(C)n1C[C@H]1CCCO1. The number of esters is 1. The number of hydrogen-bond donors (Lipinski definition) is 0. The lowest BCUT2D eigenvalue weighted by molar-refractivity contribution is 0.0473. The fraction of sp³-hybridized carbons (Fsp3) is 0.545. The standard InChI is InChI=1S/C22H27NO4S/c1-14-10-18(15(2)23(14)11-16-6-5-9-26-16)20(24)12-27-22(25)19-13-28-21-8-4-3-7-17(19)21/h10,13,16H,3-9,11-12H2,1-2H3/t16-/m1/s1. The molecule has 0 bridgehead atoms.